The monoisotopic (exact) mass is 404 g/mol. The molecule has 0 saturated heterocycles. The first-order chi connectivity index (χ1) is 14.0. The summed E-state index contributed by atoms with van der Waals surface area (Å²) in [7, 11) is 0. The van der Waals surface area contributed by atoms with Crippen molar-refractivity contribution in [3.8, 4) is 11.8 Å². The minimum atomic E-state index is -4.28. The van der Waals surface area contributed by atoms with Crippen molar-refractivity contribution in [2.24, 2.45) is 23.7 Å². The minimum Gasteiger partial charge on any atom is -0.166 e. The molecule has 0 unspecified atom stereocenters. The molecule has 1 aromatic carbocycles. The molecule has 0 N–H and O–H groups in total. The first-order valence-electron chi connectivity index (χ1n) is 11.6. The lowest BCUT2D eigenvalue weighted by atomic mass is 9.69. The summed E-state index contributed by atoms with van der Waals surface area (Å²) >= 11 is 0. The number of alkyl halides is 3. The van der Waals surface area contributed by atoms with Gasteiger partial charge in [0.25, 0.3) is 0 Å². The van der Waals surface area contributed by atoms with Crippen molar-refractivity contribution in [2.75, 3.05) is 0 Å². The van der Waals surface area contributed by atoms with Crippen molar-refractivity contribution < 1.29 is 13.2 Å². The van der Waals surface area contributed by atoms with Crippen LogP contribution in [0.3, 0.4) is 0 Å². The molecule has 0 heterocycles. The highest BCUT2D eigenvalue weighted by atomic mass is 19.4. The van der Waals surface area contributed by atoms with E-state index in [1.165, 1.54) is 76.3 Å². The molecule has 0 nitrogen and oxygen atoms in total. The van der Waals surface area contributed by atoms with Gasteiger partial charge in [0.2, 0.25) is 0 Å². The van der Waals surface area contributed by atoms with Crippen molar-refractivity contribution in [3.63, 3.8) is 0 Å². The lowest BCUT2D eigenvalue weighted by molar-refractivity contribution is -0.137. The molecule has 29 heavy (non-hydrogen) atoms. The summed E-state index contributed by atoms with van der Waals surface area (Å²) in [5, 5.41) is 0. The first kappa shape index (κ1) is 22.3. The van der Waals surface area contributed by atoms with E-state index >= 15 is 0 Å². The smallest absolute Gasteiger partial charge is 0.166 e. The number of hydrogen-bond donors (Lipinski definition) is 0. The maximum absolute atomic E-state index is 12.6. The molecule has 2 fully saturated rings. The summed E-state index contributed by atoms with van der Waals surface area (Å²) in [5.74, 6) is 9.59. The summed E-state index contributed by atoms with van der Waals surface area (Å²) in [6, 6.07) is 5.22. The average Bonchev–Trinajstić information content (AvgIpc) is 2.73. The van der Waals surface area contributed by atoms with Gasteiger partial charge >= 0.3 is 6.18 Å². The molecule has 0 amide bonds. The zero-order valence-electron chi connectivity index (χ0n) is 17.7. The van der Waals surface area contributed by atoms with Crippen molar-refractivity contribution in [1.82, 2.24) is 0 Å². The molecule has 160 valence electrons. The molecule has 0 aromatic heterocycles. The van der Waals surface area contributed by atoms with Gasteiger partial charge < -0.3 is 0 Å². The Kier molecular flexibility index (Phi) is 8.10. The van der Waals surface area contributed by atoms with Crippen LogP contribution in [0, 0.1) is 35.5 Å². The highest BCUT2D eigenvalue weighted by Gasteiger charge is 2.31. The summed E-state index contributed by atoms with van der Waals surface area (Å²) in [4.78, 5) is 0. The zero-order valence-corrected chi connectivity index (χ0v) is 17.7. The summed E-state index contributed by atoms with van der Waals surface area (Å²) < 4.78 is 37.9. The predicted molar refractivity (Wildman–Crippen MR) is 113 cm³/mol. The topological polar surface area (TPSA) is 0 Å². The largest absolute Gasteiger partial charge is 0.416 e. The number of benzene rings is 1. The van der Waals surface area contributed by atoms with Gasteiger partial charge in [-0.05, 0) is 80.5 Å². The molecule has 0 atom stereocenters. The third-order valence-corrected chi connectivity index (χ3v) is 7.18. The molecule has 3 rings (SSSR count). The van der Waals surface area contributed by atoms with Crippen LogP contribution in [0.15, 0.2) is 24.3 Å². The fraction of sp³-hybridized carbons (Fsp3) is 0.692. The lowest BCUT2D eigenvalue weighted by Gasteiger charge is -2.37. The predicted octanol–water partition coefficient (Wildman–Crippen LogP) is 8.25. The maximum atomic E-state index is 12.6. The van der Waals surface area contributed by atoms with E-state index in [4.69, 9.17) is 0 Å². The van der Waals surface area contributed by atoms with Crippen LogP contribution in [0.2, 0.25) is 0 Å². The molecular formula is C26H35F3. The van der Waals surface area contributed by atoms with Crippen LogP contribution < -0.4 is 0 Å². The van der Waals surface area contributed by atoms with E-state index in [0.717, 1.165) is 42.7 Å². The molecule has 2 aliphatic rings. The molecule has 3 heteroatoms. The molecular weight excluding hydrogens is 369 g/mol. The van der Waals surface area contributed by atoms with E-state index in [1.807, 2.05) is 0 Å². The number of halogens is 3. The normalized spacial score (nSPS) is 27.9. The van der Waals surface area contributed by atoms with Gasteiger partial charge in [0, 0.05) is 11.5 Å². The van der Waals surface area contributed by atoms with Gasteiger partial charge in [-0.3, -0.25) is 0 Å². The summed E-state index contributed by atoms with van der Waals surface area (Å²) in [6.07, 6.45) is 11.8. The van der Waals surface area contributed by atoms with Crippen LogP contribution in [0.5, 0.6) is 0 Å². The highest BCUT2D eigenvalue weighted by molar-refractivity contribution is 5.37. The van der Waals surface area contributed by atoms with E-state index in [1.54, 1.807) is 0 Å². The Morgan fingerprint density at radius 3 is 1.97 bits per heavy atom. The van der Waals surface area contributed by atoms with Crippen molar-refractivity contribution in [2.45, 2.75) is 90.1 Å². The Balaban J connectivity index is 1.41. The van der Waals surface area contributed by atoms with Gasteiger partial charge in [0.1, 0.15) is 0 Å². The van der Waals surface area contributed by atoms with E-state index in [2.05, 4.69) is 18.8 Å². The van der Waals surface area contributed by atoms with Gasteiger partial charge in [0.05, 0.1) is 5.56 Å². The van der Waals surface area contributed by atoms with Gasteiger partial charge in [-0.25, -0.2) is 0 Å². The first-order valence-corrected chi connectivity index (χ1v) is 11.6. The molecule has 2 aliphatic carbocycles. The van der Waals surface area contributed by atoms with Crippen molar-refractivity contribution in [1.29, 1.82) is 0 Å². The van der Waals surface area contributed by atoms with E-state index in [-0.39, 0.29) is 0 Å². The molecule has 0 aliphatic heterocycles. The fourth-order valence-corrected chi connectivity index (χ4v) is 5.29. The third kappa shape index (κ3) is 6.80. The molecule has 0 radical (unpaired) electrons. The molecule has 2 saturated carbocycles. The molecule has 1 aromatic rings. The van der Waals surface area contributed by atoms with Gasteiger partial charge in [-0.15, -0.1) is 0 Å². The van der Waals surface area contributed by atoms with Crippen LogP contribution >= 0.6 is 0 Å². The van der Waals surface area contributed by atoms with Crippen LogP contribution in [0.25, 0.3) is 0 Å². The highest BCUT2D eigenvalue weighted by Crippen LogP contribution is 2.42. The average molecular weight is 405 g/mol. The van der Waals surface area contributed by atoms with Crippen molar-refractivity contribution >= 4 is 0 Å². The van der Waals surface area contributed by atoms with Crippen LogP contribution in [-0.4, -0.2) is 0 Å². The Bertz CT molecular complexity index is 661. The summed E-state index contributed by atoms with van der Waals surface area (Å²) in [6.45, 7) is 2.28. The molecule has 0 spiro atoms. The third-order valence-electron chi connectivity index (χ3n) is 7.18. The number of rotatable bonds is 5. The SMILES string of the molecule is CCCCCC1CCC(C2CCC(C#Cc3ccc(C(F)(F)F)cc3)CC2)CC1. The zero-order chi connectivity index (χ0) is 20.7. The van der Waals surface area contributed by atoms with Crippen molar-refractivity contribution in [3.05, 3.63) is 35.4 Å². The Labute approximate surface area is 174 Å². The van der Waals surface area contributed by atoms with Gasteiger partial charge in [-0.2, -0.15) is 13.2 Å². The second-order valence-electron chi connectivity index (χ2n) is 9.23. The van der Waals surface area contributed by atoms with Gasteiger partial charge in [0.15, 0.2) is 0 Å². The quantitative estimate of drug-likeness (QED) is 0.342. The van der Waals surface area contributed by atoms with Gasteiger partial charge in [-0.1, -0.05) is 57.3 Å². The lowest BCUT2D eigenvalue weighted by Crippen LogP contribution is -2.25. The Morgan fingerprint density at radius 1 is 0.828 bits per heavy atom. The summed E-state index contributed by atoms with van der Waals surface area (Å²) in [5.41, 5.74) is 0.0742. The fourth-order valence-electron chi connectivity index (χ4n) is 5.29. The molecule has 0 bridgehead atoms. The second kappa shape index (κ2) is 10.6. The maximum Gasteiger partial charge on any atom is 0.416 e. The van der Waals surface area contributed by atoms with Crippen LogP contribution in [0.4, 0.5) is 13.2 Å². The van der Waals surface area contributed by atoms with E-state index < -0.39 is 11.7 Å². The number of hydrogen-bond acceptors (Lipinski definition) is 0. The van der Waals surface area contributed by atoms with E-state index in [9.17, 15) is 13.2 Å². The number of unbranched alkanes of at least 4 members (excludes halogenated alkanes) is 2. The second-order valence-corrected chi connectivity index (χ2v) is 9.23. The standard InChI is InChI=1S/C26H35F3/c1-2-3-4-5-20-8-14-23(15-9-20)24-16-10-21(11-17-24)6-7-22-12-18-25(19-13-22)26(27,28)29/h12-13,18-21,23-24H,2-5,8-11,14-17H2,1H3. The Hall–Kier alpha value is -1.43. The Morgan fingerprint density at radius 2 is 1.41 bits per heavy atom. The minimum absolute atomic E-state index is 0.402. The van der Waals surface area contributed by atoms with Crippen LogP contribution in [-0.2, 0) is 6.18 Å². The van der Waals surface area contributed by atoms with E-state index in [0.29, 0.717) is 11.5 Å². The van der Waals surface area contributed by atoms with Crippen LogP contribution in [0.1, 0.15) is 95.1 Å².